The molecule has 0 aliphatic carbocycles. The van der Waals surface area contributed by atoms with Crippen molar-refractivity contribution in [1.29, 1.82) is 0 Å². The Hall–Kier alpha value is -2.59. The van der Waals surface area contributed by atoms with Crippen LogP contribution in [0, 0.1) is 0 Å². The number of rotatable bonds is 7. The van der Waals surface area contributed by atoms with Gasteiger partial charge in [-0.05, 0) is 49.5 Å². The van der Waals surface area contributed by atoms with Crippen LogP contribution in [-0.2, 0) is 17.8 Å². The predicted octanol–water partition coefficient (Wildman–Crippen LogP) is 3.62. The smallest absolute Gasteiger partial charge is 0.124 e. The van der Waals surface area contributed by atoms with Crippen LogP contribution >= 0.6 is 0 Å². The first-order valence-electron chi connectivity index (χ1n) is 8.47. The Morgan fingerprint density at radius 1 is 1.08 bits per heavy atom. The summed E-state index contributed by atoms with van der Waals surface area (Å²) in [5.41, 5.74) is 4.58. The molecule has 1 aromatic heterocycles. The summed E-state index contributed by atoms with van der Waals surface area (Å²) in [4.78, 5) is 12.9. The largest absolute Gasteiger partial charge is 0.497 e. The molecule has 0 saturated carbocycles. The molecule has 0 bridgehead atoms. The summed E-state index contributed by atoms with van der Waals surface area (Å²) in [6.07, 6.45) is 1.40. The molecular weight excluding hydrogens is 312 g/mol. The van der Waals surface area contributed by atoms with E-state index in [1.54, 1.807) is 7.11 Å². The average molecular weight is 336 g/mol. The van der Waals surface area contributed by atoms with Gasteiger partial charge in [-0.3, -0.25) is 0 Å². The molecule has 2 aromatic carbocycles. The van der Waals surface area contributed by atoms with Gasteiger partial charge in [0.25, 0.3) is 0 Å². The van der Waals surface area contributed by atoms with Gasteiger partial charge in [-0.2, -0.15) is 0 Å². The summed E-state index contributed by atoms with van der Waals surface area (Å²) in [7, 11) is 5.86. The van der Waals surface area contributed by atoms with Crippen molar-refractivity contribution in [2.45, 2.75) is 13.0 Å². The van der Waals surface area contributed by atoms with E-state index in [2.05, 4.69) is 53.9 Å². The number of aldehydes is 1. The van der Waals surface area contributed by atoms with E-state index in [1.807, 2.05) is 18.2 Å². The topological polar surface area (TPSA) is 34.5 Å². The summed E-state index contributed by atoms with van der Waals surface area (Å²) in [6, 6.07) is 16.6. The first kappa shape index (κ1) is 17.2. The summed E-state index contributed by atoms with van der Waals surface area (Å²) in [5.74, 6) is 0.866. The number of benzene rings is 2. The number of ether oxygens (including phenoxy) is 1. The molecule has 25 heavy (non-hydrogen) atoms. The lowest BCUT2D eigenvalue weighted by molar-refractivity contribution is -0.107. The average Bonchev–Trinajstić information content (AvgIpc) is 2.98. The maximum atomic E-state index is 10.7. The second-order valence-electron chi connectivity index (χ2n) is 6.48. The lowest BCUT2D eigenvalue weighted by Crippen LogP contribution is -2.18. The summed E-state index contributed by atoms with van der Waals surface area (Å²) < 4.78 is 7.72. The third-order valence-electron chi connectivity index (χ3n) is 4.45. The van der Waals surface area contributed by atoms with Crippen LogP contribution in [-0.4, -0.2) is 43.5 Å². The molecule has 0 aliphatic rings. The van der Waals surface area contributed by atoms with E-state index in [1.165, 1.54) is 16.6 Å². The van der Waals surface area contributed by atoms with Crippen molar-refractivity contribution in [3.05, 3.63) is 54.1 Å². The van der Waals surface area contributed by atoms with Crippen molar-refractivity contribution in [3.63, 3.8) is 0 Å². The molecule has 0 aliphatic heterocycles. The van der Waals surface area contributed by atoms with Gasteiger partial charge in [0.1, 0.15) is 12.0 Å². The highest BCUT2D eigenvalue weighted by molar-refractivity contribution is 5.88. The number of fused-ring (bicyclic) bond motifs is 1. The Kier molecular flexibility index (Phi) is 5.19. The van der Waals surface area contributed by atoms with Gasteiger partial charge in [0.05, 0.1) is 7.11 Å². The first-order valence-corrected chi connectivity index (χ1v) is 8.47. The van der Waals surface area contributed by atoms with E-state index in [0.29, 0.717) is 6.42 Å². The molecule has 0 atom stereocenters. The Bertz CT molecular complexity index is 863. The van der Waals surface area contributed by atoms with Crippen LogP contribution in [0.3, 0.4) is 0 Å². The lowest BCUT2D eigenvalue weighted by Gasteiger charge is -2.15. The normalized spacial score (nSPS) is 11.2. The van der Waals surface area contributed by atoms with Crippen LogP contribution < -0.4 is 4.74 Å². The summed E-state index contributed by atoms with van der Waals surface area (Å²) in [5, 5.41) is 1.17. The fourth-order valence-corrected chi connectivity index (χ4v) is 3.06. The van der Waals surface area contributed by atoms with E-state index >= 15 is 0 Å². The summed E-state index contributed by atoms with van der Waals surface area (Å²) in [6.45, 7) is 1.88. The number of carbonyl (C=O) groups is 1. The van der Waals surface area contributed by atoms with Crippen molar-refractivity contribution in [3.8, 4) is 17.0 Å². The monoisotopic (exact) mass is 336 g/mol. The second kappa shape index (κ2) is 7.53. The molecule has 0 unspecified atom stereocenters. The minimum absolute atomic E-state index is 0.459. The van der Waals surface area contributed by atoms with Gasteiger partial charge < -0.3 is 19.0 Å². The van der Waals surface area contributed by atoms with Crippen LogP contribution in [0.5, 0.6) is 5.75 Å². The zero-order chi connectivity index (χ0) is 17.8. The van der Waals surface area contributed by atoms with Crippen LogP contribution in [0.15, 0.2) is 48.5 Å². The molecule has 4 nitrogen and oxygen atoms in total. The molecule has 0 saturated heterocycles. The van der Waals surface area contributed by atoms with Crippen LogP contribution in [0.4, 0.5) is 0 Å². The van der Waals surface area contributed by atoms with Gasteiger partial charge in [0.15, 0.2) is 0 Å². The Balaban J connectivity index is 2.07. The first-order chi connectivity index (χ1) is 12.1. The fraction of sp³-hybridized carbons (Fsp3) is 0.286. The number of methoxy groups -OCH3 is 1. The molecule has 0 spiro atoms. The molecule has 0 amide bonds. The van der Waals surface area contributed by atoms with E-state index in [-0.39, 0.29) is 0 Å². The number of hydrogen-bond donors (Lipinski definition) is 0. The van der Waals surface area contributed by atoms with Crippen molar-refractivity contribution >= 4 is 17.2 Å². The fourth-order valence-electron chi connectivity index (χ4n) is 3.06. The molecule has 3 rings (SSSR count). The van der Waals surface area contributed by atoms with Crippen LogP contribution in [0.2, 0.25) is 0 Å². The number of hydrogen-bond acceptors (Lipinski definition) is 3. The van der Waals surface area contributed by atoms with Crippen molar-refractivity contribution < 1.29 is 9.53 Å². The molecule has 0 radical (unpaired) electrons. The van der Waals surface area contributed by atoms with Crippen molar-refractivity contribution in [2.75, 3.05) is 27.7 Å². The Labute approximate surface area is 148 Å². The highest BCUT2D eigenvalue weighted by Gasteiger charge is 2.12. The molecule has 0 fully saturated rings. The maximum Gasteiger partial charge on any atom is 0.124 e. The second-order valence-corrected chi connectivity index (χ2v) is 6.48. The number of carbonyl (C=O) groups excluding carboxylic acids is 1. The number of likely N-dealkylation sites (N-methyl/N-ethyl adjacent to an activating group) is 1. The molecule has 3 aromatic rings. The molecule has 0 N–H and O–H groups in total. The lowest BCUT2D eigenvalue weighted by atomic mass is 10.1. The van der Waals surface area contributed by atoms with E-state index in [9.17, 15) is 4.79 Å². The quantitative estimate of drug-likeness (QED) is 0.618. The number of aromatic nitrogens is 1. The van der Waals surface area contributed by atoms with E-state index < -0.39 is 0 Å². The van der Waals surface area contributed by atoms with Gasteiger partial charge in [-0.1, -0.05) is 24.3 Å². The van der Waals surface area contributed by atoms with Crippen molar-refractivity contribution in [2.24, 2.45) is 0 Å². The molecule has 4 heteroatoms. The van der Waals surface area contributed by atoms with Gasteiger partial charge in [-0.15, -0.1) is 0 Å². The zero-order valence-electron chi connectivity index (χ0n) is 15.0. The SMILES string of the molecule is COc1ccc2c(c1)cc(-c1ccc(CC=O)cc1)n2CCN(C)C. The van der Waals surface area contributed by atoms with Crippen LogP contribution in [0.1, 0.15) is 5.56 Å². The minimum Gasteiger partial charge on any atom is -0.497 e. The summed E-state index contributed by atoms with van der Waals surface area (Å²) >= 11 is 0. The van der Waals surface area contributed by atoms with E-state index in [0.717, 1.165) is 36.3 Å². The van der Waals surface area contributed by atoms with Gasteiger partial charge in [0.2, 0.25) is 0 Å². The third kappa shape index (κ3) is 3.74. The third-order valence-corrected chi connectivity index (χ3v) is 4.45. The van der Waals surface area contributed by atoms with Crippen molar-refractivity contribution in [1.82, 2.24) is 9.47 Å². The van der Waals surface area contributed by atoms with Crippen LogP contribution in [0.25, 0.3) is 22.2 Å². The minimum atomic E-state index is 0.459. The Morgan fingerprint density at radius 3 is 2.48 bits per heavy atom. The van der Waals surface area contributed by atoms with Gasteiger partial charge in [-0.25, -0.2) is 0 Å². The highest BCUT2D eigenvalue weighted by Crippen LogP contribution is 2.31. The van der Waals surface area contributed by atoms with Gasteiger partial charge >= 0.3 is 0 Å². The van der Waals surface area contributed by atoms with Gasteiger partial charge in [0, 0.05) is 36.1 Å². The molecule has 1 heterocycles. The maximum absolute atomic E-state index is 10.7. The zero-order valence-corrected chi connectivity index (χ0v) is 15.0. The standard InChI is InChI=1S/C21H24N2O2/c1-22(2)11-12-23-20-9-8-19(25-3)14-18(20)15-21(23)17-6-4-16(5-7-17)10-13-24/h4-9,13-15H,10-12H2,1-3H3. The predicted molar refractivity (Wildman–Crippen MR) is 102 cm³/mol. The highest BCUT2D eigenvalue weighted by atomic mass is 16.5. The molecule has 130 valence electrons. The van der Waals surface area contributed by atoms with E-state index in [4.69, 9.17) is 4.74 Å². The molecular formula is C21H24N2O2. The number of nitrogens with zero attached hydrogens (tertiary/aromatic N) is 2. The Morgan fingerprint density at radius 2 is 1.84 bits per heavy atom.